The van der Waals surface area contributed by atoms with E-state index in [9.17, 15) is 0 Å². The van der Waals surface area contributed by atoms with Gasteiger partial charge in [-0.15, -0.1) is 0 Å². The van der Waals surface area contributed by atoms with Crippen LogP contribution in [0.15, 0.2) is 0 Å². The Kier molecular flexibility index (Phi) is 3.39. The van der Waals surface area contributed by atoms with Crippen molar-refractivity contribution in [2.45, 2.75) is 30.8 Å². The summed E-state index contributed by atoms with van der Waals surface area (Å²) in [7, 11) is 3.49. The summed E-state index contributed by atoms with van der Waals surface area (Å²) in [5, 5.41) is 0. The minimum absolute atomic E-state index is 0.198. The van der Waals surface area contributed by atoms with Gasteiger partial charge in [0.05, 0.1) is 0 Å². The second-order valence-corrected chi connectivity index (χ2v) is 12.4. The summed E-state index contributed by atoms with van der Waals surface area (Å²) in [6.45, 7) is 6.50. The molecule has 0 aliphatic rings. The van der Waals surface area contributed by atoms with E-state index < -0.39 is 13.9 Å². The van der Waals surface area contributed by atoms with Crippen LogP contribution in [0.5, 0.6) is 0 Å². The van der Waals surface area contributed by atoms with Crippen molar-refractivity contribution >= 4 is 13.9 Å². The van der Waals surface area contributed by atoms with Crippen molar-refractivity contribution in [1.29, 1.82) is 0 Å². The van der Waals surface area contributed by atoms with Gasteiger partial charge in [-0.3, -0.25) is 0 Å². The van der Waals surface area contributed by atoms with Gasteiger partial charge in [0, 0.05) is 0 Å². The van der Waals surface area contributed by atoms with Crippen LogP contribution in [0.4, 0.5) is 0 Å². The summed E-state index contributed by atoms with van der Waals surface area (Å²) < 4.78 is 11.0. The van der Waals surface area contributed by atoms with E-state index in [4.69, 9.17) is 7.53 Å². The van der Waals surface area contributed by atoms with E-state index in [-0.39, 0.29) is 4.25 Å². The zero-order chi connectivity index (χ0) is 8.41. The fraction of sp³-hybridized carbons (Fsp3) is 1.00. The zero-order valence-electron chi connectivity index (χ0n) is 7.82. The molecule has 0 aliphatic heterocycles. The number of rotatable bonds is 2. The SMILES string of the molecule is C[O][Ge]([CH3])([O]C)[C](C)(C)C. The van der Waals surface area contributed by atoms with Crippen molar-refractivity contribution in [3.05, 3.63) is 0 Å². The van der Waals surface area contributed by atoms with E-state index in [1.807, 2.05) is 0 Å². The predicted octanol–water partition coefficient (Wildman–Crippen LogP) is 2.15. The summed E-state index contributed by atoms with van der Waals surface area (Å²) in [5.74, 6) is 2.12. The van der Waals surface area contributed by atoms with Crippen LogP contribution >= 0.6 is 0 Å². The van der Waals surface area contributed by atoms with Crippen molar-refractivity contribution in [1.82, 2.24) is 0 Å². The van der Waals surface area contributed by atoms with Gasteiger partial charge in [-0.1, -0.05) is 0 Å². The second-order valence-electron chi connectivity index (χ2n) is 3.60. The van der Waals surface area contributed by atoms with E-state index in [1.165, 1.54) is 0 Å². The molecular weight excluding hydrogens is 189 g/mol. The summed E-state index contributed by atoms with van der Waals surface area (Å²) in [4.78, 5) is 0. The molecule has 0 aromatic carbocycles. The molecule has 0 aromatic heterocycles. The standard InChI is InChI=1S/C7H18GeO2/c1-7(2,3)8(4,9-5)10-6/h1-6H3. The van der Waals surface area contributed by atoms with Gasteiger partial charge < -0.3 is 0 Å². The molecule has 0 atom stereocenters. The van der Waals surface area contributed by atoms with Crippen LogP contribution in [0, 0.1) is 0 Å². The van der Waals surface area contributed by atoms with Crippen molar-refractivity contribution in [3.63, 3.8) is 0 Å². The molecule has 0 saturated heterocycles. The third-order valence-electron chi connectivity index (χ3n) is 2.14. The molecule has 0 aromatic rings. The molecule has 3 heteroatoms. The van der Waals surface area contributed by atoms with Gasteiger partial charge in [0.2, 0.25) is 0 Å². The molecule has 0 bridgehead atoms. The molecule has 0 unspecified atom stereocenters. The first-order valence-electron chi connectivity index (χ1n) is 3.47. The van der Waals surface area contributed by atoms with Crippen molar-refractivity contribution in [2.24, 2.45) is 0 Å². The number of hydrogen-bond donors (Lipinski definition) is 0. The molecule has 0 aliphatic carbocycles. The first kappa shape index (κ1) is 10.5. The van der Waals surface area contributed by atoms with Gasteiger partial charge >= 0.3 is 66.5 Å². The molecule has 10 heavy (non-hydrogen) atoms. The third-order valence-corrected chi connectivity index (χ3v) is 11.1. The minimum atomic E-state index is -2.40. The average molecular weight is 207 g/mol. The topological polar surface area (TPSA) is 18.5 Å². The molecule has 2 nitrogen and oxygen atoms in total. The predicted molar refractivity (Wildman–Crippen MR) is 45.4 cm³/mol. The Morgan fingerprint density at radius 1 is 1.00 bits per heavy atom. The summed E-state index contributed by atoms with van der Waals surface area (Å²) in [6, 6.07) is 0. The molecule has 0 saturated carbocycles. The first-order valence-corrected chi connectivity index (χ1v) is 8.33. The molecule has 0 spiro atoms. The molecule has 0 radical (unpaired) electrons. The molecule has 0 N–H and O–H groups in total. The van der Waals surface area contributed by atoms with Crippen molar-refractivity contribution in [3.8, 4) is 0 Å². The fourth-order valence-electron chi connectivity index (χ4n) is 0.696. The summed E-state index contributed by atoms with van der Waals surface area (Å²) >= 11 is -2.40. The number of hydrogen-bond acceptors (Lipinski definition) is 2. The fourth-order valence-corrected chi connectivity index (χ4v) is 3.61. The van der Waals surface area contributed by atoms with Gasteiger partial charge in [-0.2, -0.15) is 0 Å². The van der Waals surface area contributed by atoms with Gasteiger partial charge in [-0.25, -0.2) is 0 Å². The van der Waals surface area contributed by atoms with Crippen molar-refractivity contribution < 1.29 is 7.53 Å². The van der Waals surface area contributed by atoms with Gasteiger partial charge in [0.1, 0.15) is 0 Å². The molecule has 0 amide bonds. The van der Waals surface area contributed by atoms with Gasteiger partial charge in [0.15, 0.2) is 0 Å². The normalized spacial score (nSPS) is 13.8. The van der Waals surface area contributed by atoms with Crippen LogP contribution in [0.2, 0.25) is 10.0 Å². The third kappa shape index (κ3) is 1.97. The van der Waals surface area contributed by atoms with Crippen LogP contribution < -0.4 is 0 Å². The average Bonchev–Trinajstić information content (AvgIpc) is 1.84. The summed E-state index contributed by atoms with van der Waals surface area (Å²) in [6.07, 6.45) is 0. The Hall–Kier alpha value is 0.463. The van der Waals surface area contributed by atoms with Crippen LogP contribution in [0.3, 0.4) is 0 Å². The van der Waals surface area contributed by atoms with Crippen LogP contribution in [-0.4, -0.2) is 28.2 Å². The molecule has 0 fully saturated rings. The molecular formula is C7H18GeO2. The van der Waals surface area contributed by atoms with E-state index in [0.29, 0.717) is 0 Å². The maximum absolute atomic E-state index is 5.42. The van der Waals surface area contributed by atoms with E-state index >= 15 is 0 Å². The first-order chi connectivity index (χ1) is 4.37. The quantitative estimate of drug-likeness (QED) is 0.645. The van der Waals surface area contributed by atoms with Crippen LogP contribution in [0.1, 0.15) is 20.8 Å². The Bertz CT molecular complexity index is 103. The maximum atomic E-state index is 5.42. The van der Waals surface area contributed by atoms with Gasteiger partial charge in [0.25, 0.3) is 0 Å². The van der Waals surface area contributed by atoms with E-state index in [0.717, 1.165) is 0 Å². The van der Waals surface area contributed by atoms with Gasteiger partial charge in [-0.05, 0) is 0 Å². The Balaban J connectivity index is 4.33. The summed E-state index contributed by atoms with van der Waals surface area (Å²) in [5.41, 5.74) is 0. The monoisotopic (exact) mass is 208 g/mol. The van der Waals surface area contributed by atoms with E-state index in [2.05, 4.69) is 26.5 Å². The Morgan fingerprint density at radius 3 is 1.30 bits per heavy atom. The Labute approximate surface area is 66.9 Å². The van der Waals surface area contributed by atoms with Crippen LogP contribution in [0.25, 0.3) is 0 Å². The molecule has 0 heterocycles. The zero-order valence-corrected chi connectivity index (χ0v) is 9.91. The Morgan fingerprint density at radius 2 is 1.30 bits per heavy atom. The molecule has 62 valence electrons. The second kappa shape index (κ2) is 3.24. The van der Waals surface area contributed by atoms with Crippen molar-refractivity contribution in [2.75, 3.05) is 14.2 Å². The van der Waals surface area contributed by atoms with Crippen LogP contribution in [-0.2, 0) is 7.53 Å². The molecule has 0 rings (SSSR count). The van der Waals surface area contributed by atoms with E-state index in [1.54, 1.807) is 14.2 Å².